The average Bonchev–Trinajstić information content (AvgIpc) is 2.96. The Morgan fingerprint density at radius 2 is 1.56 bits per heavy atom. The Hall–Kier alpha value is -4.20. The second kappa shape index (κ2) is 11.7. The number of ether oxygens (including phenoxy) is 2. The van der Waals surface area contributed by atoms with Crippen LogP contribution in [0.2, 0.25) is 0 Å². The molecular weight excluding hydrogens is 499 g/mol. The summed E-state index contributed by atoms with van der Waals surface area (Å²) in [4.78, 5) is 41.5. The van der Waals surface area contributed by atoms with Gasteiger partial charge >= 0.3 is 0 Å². The zero-order valence-corrected chi connectivity index (χ0v) is 21.8. The first-order valence-electron chi connectivity index (χ1n) is 13.3. The summed E-state index contributed by atoms with van der Waals surface area (Å²) in [7, 11) is 0. The van der Waals surface area contributed by atoms with Crippen LogP contribution in [0.15, 0.2) is 72.8 Å². The van der Waals surface area contributed by atoms with Crippen molar-refractivity contribution in [3.05, 3.63) is 89.7 Å². The van der Waals surface area contributed by atoms with Crippen LogP contribution in [0.5, 0.6) is 11.5 Å². The normalized spacial score (nSPS) is 17.6. The number of carbonyl (C=O) groups excluding carboxylic acids is 3. The molecule has 1 fully saturated rings. The van der Waals surface area contributed by atoms with Crippen molar-refractivity contribution < 1.29 is 28.2 Å². The SMILES string of the molecule is CC(=O)c1ccc(N(C(=O)[C@H]2COc3ccccc3O2)[C@@H](C(=O)NC2CCCCC2)c2ccc(F)cc2)cc1. The molecule has 0 saturated heterocycles. The molecule has 3 aromatic rings. The summed E-state index contributed by atoms with van der Waals surface area (Å²) in [6, 6.07) is 18.0. The lowest BCUT2D eigenvalue weighted by atomic mass is 9.94. The fourth-order valence-corrected chi connectivity index (χ4v) is 5.15. The molecule has 1 saturated carbocycles. The standard InChI is InChI=1S/C31H31FN2O5/c1-20(35)21-13-17-25(18-14-21)34(31(37)28-19-38-26-9-5-6-10-27(26)39-28)29(22-11-15-23(32)16-12-22)30(36)33-24-7-3-2-4-8-24/h5-6,9-18,24,28-29H,2-4,7-8,19H2,1H3,(H,33,36)/t28-,29-/m1/s1. The zero-order chi connectivity index (χ0) is 27.4. The highest BCUT2D eigenvalue weighted by atomic mass is 19.1. The van der Waals surface area contributed by atoms with E-state index in [4.69, 9.17) is 9.47 Å². The lowest BCUT2D eigenvalue weighted by molar-refractivity contribution is -0.132. The highest BCUT2D eigenvalue weighted by Crippen LogP contribution is 2.35. The van der Waals surface area contributed by atoms with Gasteiger partial charge in [0, 0.05) is 17.3 Å². The van der Waals surface area contributed by atoms with Crippen molar-refractivity contribution in [3.8, 4) is 11.5 Å². The first-order chi connectivity index (χ1) is 18.9. The monoisotopic (exact) mass is 530 g/mol. The predicted molar refractivity (Wildman–Crippen MR) is 144 cm³/mol. The molecule has 0 radical (unpaired) electrons. The van der Waals surface area contributed by atoms with E-state index in [2.05, 4.69) is 5.32 Å². The molecule has 2 amide bonds. The fourth-order valence-electron chi connectivity index (χ4n) is 5.15. The van der Waals surface area contributed by atoms with Crippen molar-refractivity contribution in [2.75, 3.05) is 11.5 Å². The van der Waals surface area contributed by atoms with Crippen molar-refractivity contribution in [2.24, 2.45) is 0 Å². The summed E-state index contributed by atoms with van der Waals surface area (Å²) in [5.74, 6) is -0.467. The maximum Gasteiger partial charge on any atom is 0.272 e. The van der Waals surface area contributed by atoms with Gasteiger partial charge in [0.25, 0.3) is 5.91 Å². The molecule has 1 aliphatic carbocycles. The van der Waals surface area contributed by atoms with Gasteiger partial charge in [-0.3, -0.25) is 19.3 Å². The second-order valence-corrected chi connectivity index (χ2v) is 9.97. The Kier molecular flexibility index (Phi) is 7.91. The van der Waals surface area contributed by atoms with E-state index < -0.39 is 23.9 Å². The summed E-state index contributed by atoms with van der Waals surface area (Å²) in [5.41, 5.74) is 1.33. The minimum absolute atomic E-state index is 0.00706. The van der Waals surface area contributed by atoms with E-state index >= 15 is 0 Å². The number of hydrogen-bond donors (Lipinski definition) is 1. The van der Waals surface area contributed by atoms with E-state index in [-0.39, 0.29) is 24.3 Å². The summed E-state index contributed by atoms with van der Waals surface area (Å²) in [6.07, 6.45) is 3.86. The number of halogens is 1. The molecule has 2 aliphatic rings. The molecule has 1 N–H and O–H groups in total. The number of hydrogen-bond acceptors (Lipinski definition) is 5. The van der Waals surface area contributed by atoms with Crippen LogP contribution in [0, 0.1) is 5.82 Å². The van der Waals surface area contributed by atoms with Gasteiger partial charge < -0.3 is 14.8 Å². The lowest BCUT2D eigenvalue weighted by Gasteiger charge is -2.36. The third-order valence-electron chi connectivity index (χ3n) is 7.22. The first-order valence-corrected chi connectivity index (χ1v) is 13.3. The molecule has 202 valence electrons. The molecule has 0 bridgehead atoms. The second-order valence-electron chi connectivity index (χ2n) is 9.97. The number of nitrogens with zero attached hydrogens (tertiary/aromatic N) is 1. The van der Waals surface area contributed by atoms with Gasteiger partial charge in [-0.25, -0.2) is 4.39 Å². The third kappa shape index (κ3) is 5.95. The van der Waals surface area contributed by atoms with E-state index in [1.165, 1.54) is 36.1 Å². The molecule has 1 heterocycles. The van der Waals surface area contributed by atoms with E-state index in [1.54, 1.807) is 42.5 Å². The number of fused-ring (bicyclic) bond motifs is 1. The van der Waals surface area contributed by atoms with Crippen molar-refractivity contribution in [3.63, 3.8) is 0 Å². The minimum atomic E-state index is -1.11. The molecule has 1 aliphatic heterocycles. The van der Waals surface area contributed by atoms with Gasteiger partial charge in [0.05, 0.1) is 0 Å². The number of amides is 2. The van der Waals surface area contributed by atoms with E-state index in [9.17, 15) is 18.8 Å². The summed E-state index contributed by atoms with van der Waals surface area (Å²) >= 11 is 0. The van der Waals surface area contributed by atoms with Crippen molar-refractivity contribution >= 4 is 23.3 Å². The van der Waals surface area contributed by atoms with Crippen LogP contribution in [0.4, 0.5) is 10.1 Å². The Bertz CT molecular complexity index is 1340. The summed E-state index contributed by atoms with van der Waals surface area (Å²) < 4.78 is 25.7. The van der Waals surface area contributed by atoms with Gasteiger partial charge in [-0.05, 0) is 73.9 Å². The summed E-state index contributed by atoms with van der Waals surface area (Å²) in [6.45, 7) is 1.42. The van der Waals surface area contributed by atoms with Crippen molar-refractivity contribution in [1.29, 1.82) is 0 Å². The third-order valence-corrected chi connectivity index (χ3v) is 7.22. The van der Waals surface area contributed by atoms with Crippen LogP contribution in [0.3, 0.4) is 0 Å². The molecule has 39 heavy (non-hydrogen) atoms. The Morgan fingerprint density at radius 1 is 0.897 bits per heavy atom. The maximum absolute atomic E-state index is 14.2. The van der Waals surface area contributed by atoms with Crippen LogP contribution in [0.25, 0.3) is 0 Å². The summed E-state index contributed by atoms with van der Waals surface area (Å²) in [5, 5.41) is 3.13. The number of nitrogens with one attached hydrogen (secondary N) is 1. The number of ketones is 1. The van der Waals surface area contributed by atoms with Crippen LogP contribution in [-0.4, -0.2) is 36.4 Å². The van der Waals surface area contributed by atoms with Crippen LogP contribution in [0.1, 0.15) is 61.0 Å². The van der Waals surface area contributed by atoms with Gasteiger partial charge in [0.1, 0.15) is 18.5 Å². The number of anilines is 1. The lowest BCUT2D eigenvalue weighted by Crippen LogP contribution is -2.52. The van der Waals surface area contributed by atoms with Crippen LogP contribution >= 0.6 is 0 Å². The predicted octanol–water partition coefficient (Wildman–Crippen LogP) is 5.39. The molecule has 7 nitrogen and oxygen atoms in total. The Labute approximate surface area is 226 Å². The van der Waals surface area contributed by atoms with Crippen molar-refractivity contribution in [1.82, 2.24) is 5.32 Å². The number of benzene rings is 3. The van der Waals surface area contributed by atoms with Gasteiger partial charge in [-0.15, -0.1) is 0 Å². The van der Waals surface area contributed by atoms with E-state index in [1.807, 2.05) is 6.07 Å². The quantitative estimate of drug-likeness (QED) is 0.414. The topological polar surface area (TPSA) is 84.9 Å². The number of rotatable bonds is 7. The van der Waals surface area contributed by atoms with Gasteiger partial charge in [-0.2, -0.15) is 0 Å². The largest absolute Gasteiger partial charge is 0.485 e. The van der Waals surface area contributed by atoms with Crippen molar-refractivity contribution in [2.45, 2.75) is 57.2 Å². The zero-order valence-electron chi connectivity index (χ0n) is 21.8. The highest BCUT2D eigenvalue weighted by Gasteiger charge is 2.39. The molecule has 2 atom stereocenters. The average molecular weight is 531 g/mol. The number of para-hydroxylation sites is 2. The van der Waals surface area contributed by atoms with Gasteiger partial charge in [0.2, 0.25) is 12.0 Å². The molecule has 3 aromatic carbocycles. The molecule has 0 unspecified atom stereocenters. The number of Topliss-reactive ketones (excluding diaryl/α,β-unsaturated/α-hetero) is 1. The molecule has 0 spiro atoms. The Morgan fingerprint density at radius 3 is 2.23 bits per heavy atom. The molecule has 5 rings (SSSR count). The van der Waals surface area contributed by atoms with E-state index in [0.29, 0.717) is 28.3 Å². The minimum Gasteiger partial charge on any atom is -0.485 e. The first kappa shape index (κ1) is 26.4. The van der Waals surface area contributed by atoms with E-state index in [0.717, 1.165) is 32.1 Å². The maximum atomic E-state index is 14.2. The molecule has 0 aromatic heterocycles. The Balaban J connectivity index is 1.55. The number of carbonyl (C=O) groups is 3. The van der Waals surface area contributed by atoms with Gasteiger partial charge in [-0.1, -0.05) is 43.5 Å². The fraction of sp³-hybridized carbons (Fsp3) is 0.323. The molecular formula is C31H31FN2O5. The van der Waals surface area contributed by atoms with Crippen LogP contribution in [-0.2, 0) is 9.59 Å². The highest BCUT2D eigenvalue weighted by molar-refractivity contribution is 6.04. The molecule has 8 heteroatoms. The van der Waals surface area contributed by atoms with Crippen LogP contribution < -0.4 is 19.7 Å². The van der Waals surface area contributed by atoms with Gasteiger partial charge in [0.15, 0.2) is 17.3 Å². The smallest absolute Gasteiger partial charge is 0.272 e.